The van der Waals surface area contributed by atoms with Crippen LogP contribution in [-0.4, -0.2) is 28.7 Å². The highest BCUT2D eigenvalue weighted by Crippen LogP contribution is 2.35. The fourth-order valence-corrected chi connectivity index (χ4v) is 3.88. The van der Waals surface area contributed by atoms with Gasteiger partial charge in [0.05, 0.1) is 21.9 Å². The van der Waals surface area contributed by atoms with Gasteiger partial charge in [0.2, 0.25) is 5.84 Å². The molecule has 9 heteroatoms. The van der Waals surface area contributed by atoms with Gasteiger partial charge >= 0.3 is 6.03 Å². The molecule has 1 aliphatic carbocycles. The van der Waals surface area contributed by atoms with Gasteiger partial charge in [0.25, 0.3) is 5.91 Å². The molecule has 3 amide bonds. The Bertz CT molecular complexity index is 692. The third kappa shape index (κ3) is 3.05. The lowest BCUT2D eigenvalue weighted by Crippen LogP contribution is -2.39. The van der Waals surface area contributed by atoms with Crippen molar-refractivity contribution in [1.82, 2.24) is 4.90 Å². The summed E-state index contributed by atoms with van der Waals surface area (Å²) in [5.74, 6) is -0.479. The van der Waals surface area contributed by atoms with Crippen molar-refractivity contribution in [3.05, 3.63) is 28.2 Å². The van der Waals surface area contributed by atoms with Crippen molar-refractivity contribution in [3.8, 4) is 0 Å². The first-order valence-corrected chi connectivity index (χ1v) is 9.38. The molecule has 0 spiro atoms. The summed E-state index contributed by atoms with van der Waals surface area (Å²) in [5.41, 5.74) is 0.361. The van der Waals surface area contributed by atoms with Crippen LogP contribution in [0.4, 0.5) is 10.5 Å². The summed E-state index contributed by atoms with van der Waals surface area (Å²) in [7, 11) is 5.59. The number of amides is 3. The van der Waals surface area contributed by atoms with E-state index >= 15 is 0 Å². The lowest BCUT2D eigenvalue weighted by molar-refractivity contribution is -0.121. The molecule has 3 rings (SSSR count). The number of urea groups is 1. The van der Waals surface area contributed by atoms with Gasteiger partial charge in [-0.2, -0.15) is 4.40 Å². The van der Waals surface area contributed by atoms with Crippen LogP contribution in [0.3, 0.4) is 0 Å². The van der Waals surface area contributed by atoms with E-state index < -0.39 is 11.9 Å². The minimum Gasteiger partial charge on any atom is -0.265 e. The number of imide groups is 1. The fourth-order valence-electron chi connectivity index (χ4n) is 2.97. The molecular weight excluding hydrogens is 381 g/mol. The van der Waals surface area contributed by atoms with E-state index in [0.29, 0.717) is 21.9 Å². The van der Waals surface area contributed by atoms with Gasteiger partial charge in [-0.25, -0.2) is 9.69 Å². The largest absolute Gasteiger partial charge is 0.337 e. The normalized spacial score (nSPS) is 21.1. The van der Waals surface area contributed by atoms with Crippen LogP contribution >= 0.6 is 45.0 Å². The average Bonchev–Trinajstić information content (AvgIpc) is 3.09. The lowest BCUT2D eigenvalue weighted by atomic mass is 10.2. The highest BCUT2D eigenvalue weighted by Gasteiger charge is 2.47. The number of carbonyl (C=O) groups excluding carboxylic acids is 2. The van der Waals surface area contributed by atoms with Crippen LogP contribution in [0.1, 0.15) is 25.7 Å². The highest BCUT2D eigenvalue weighted by molar-refractivity contribution is 8.20. The molecule has 2 aliphatic rings. The van der Waals surface area contributed by atoms with Crippen molar-refractivity contribution < 1.29 is 9.59 Å². The highest BCUT2D eigenvalue weighted by atomic mass is 35.7. The van der Waals surface area contributed by atoms with Crippen molar-refractivity contribution in [2.75, 3.05) is 4.90 Å². The smallest absolute Gasteiger partial charge is 0.265 e. The minimum absolute atomic E-state index is 0.0360. The molecule has 0 unspecified atom stereocenters. The minimum atomic E-state index is -0.449. The first-order valence-electron chi connectivity index (χ1n) is 7.03. The number of rotatable bonds is 3. The van der Waals surface area contributed by atoms with Gasteiger partial charge in [0, 0.05) is 11.1 Å². The molecule has 0 N–H and O–H groups in total. The van der Waals surface area contributed by atoms with E-state index in [2.05, 4.69) is 4.40 Å². The second kappa shape index (κ2) is 6.89. The maximum absolute atomic E-state index is 12.8. The van der Waals surface area contributed by atoms with Crippen LogP contribution in [0, 0.1) is 0 Å². The molecule has 1 aliphatic heterocycles. The zero-order valence-electron chi connectivity index (χ0n) is 11.8. The molecule has 2 fully saturated rings. The Kier molecular flexibility index (Phi) is 5.06. The monoisotopic (exact) mass is 391 g/mol. The molecule has 0 aromatic heterocycles. The second-order valence-electron chi connectivity index (χ2n) is 5.31. The lowest BCUT2D eigenvalue weighted by Gasteiger charge is -2.21. The van der Waals surface area contributed by atoms with Gasteiger partial charge in [-0.15, -0.1) is 0 Å². The van der Waals surface area contributed by atoms with Crippen LogP contribution in [0.2, 0.25) is 10.0 Å². The Balaban J connectivity index is 2.04. The molecule has 5 nitrogen and oxygen atoms in total. The standard InChI is InChI=1S/C14H12Cl3N3O2S/c15-8-5-6-11(10(16)7-8)20-12(18-23-17)13(21)19(14(20)22)9-3-1-2-4-9/h5-7,9H,1-4H2. The zero-order valence-corrected chi connectivity index (χ0v) is 14.9. The van der Waals surface area contributed by atoms with Crippen molar-refractivity contribution in [2.24, 2.45) is 4.40 Å². The first kappa shape index (κ1) is 16.9. The van der Waals surface area contributed by atoms with E-state index in [0.717, 1.165) is 25.7 Å². The third-order valence-electron chi connectivity index (χ3n) is 3.98. The van der Waals surface area contributed by atoms with E-state index in [1.54, 1.807) is 12.1 Å². The van der Waals surface area contributed by atoms with Gasteiger partial charge in [0.15, 0.2) is 0 Å². The molecule has 122 valence electrons. The first-order chi connectivity index (χ1) is 11.0. The van der Waals surface area contributed by atoms with Crippen molar-refractivity contribution in [2.45, 2.75) is 31.7 Å². The number of anilines is 1. The van der Waals surface area contributed by atoms with Crippen LogP contribution in [0.5, 0.6) is 0 Å². The maximum Gasteiger partial charge on any atom is 0.337 e. The molecule has 1 saturated heterocycles. The molecule has 0 bridgehead atoms. The molecular formula is C14H12Cl3N3O2S. The topological polar surface area (TPSA) is 53.0 Å². The number of amidine groups is 1. The third-order valence-corrected chi connectivity index (χ3v) is 4.97. The predicted molar refractivity (Wildman–Crippen MR) is 94.3 cm³/mol. The quantitative estimate of drug-likeness (QED) is 0.543. The number of benzene rings is 1. The van der Waals surface area contributed by atoms with E-state index in [9.17, 15) is 9.59 Å². The average molecular weight is 393 g/mol. The zero-order chi connectivity index (χ0) is 16.6. The van der Waals surface area contributed by atoms with Crippen LogP contribution in [0.15, 0.2) is 22.6 Å². The summed E-state index contributed by atoms with van der Waals surface area (Å²) in [5, 5.41) is 0.703. The molecule has 1 aromatic rings. The Morgan fingerprint density at radius 2 is 1.87 bits per heavy atom. The van der Waals surface area contributed by atoms with E-state index in [1.807, 2.05) is 0 Å². The maximum atomic E-state index is 12.8. The molecule has 0 atom stereocenters. The molecule has 1 saturated carbocycles. The fraction of sp³-hybridized carbons (Fsp3) is 0.357. The van der Waals surface area contributed by atoms with Crippen molar-refractivity contribution in [1.29, 1.82) is 0 Å². The molecule has 1 aromatic carbocycles. The van der Waals surface area contributed by atoms with Gasteiger partial charge in [-0.05, 0) is 41.7 Å². The Morgan fingerprint density at radius 1 is 1.17 bits per heavy atom. The SMILES string of the molecule is O=C1C(=NSCl)N(c2ccc(Cl)cc2Cl)C(=O)N1C1CCCC1. The van der Waals surface area contributed by atoms with Gasteiger partial charge in [-0.1, -0.05) is 36.0 Å². The molecule has 1 heterocycles. The summed E-state index contributed by atoms with van der Waals surface area (Å²) in [4.78, 5) is 27.9. The van der Waals surface area contributed by atoms with Crippen molar-refractivity contribution >= 4 is 68.5 Å². The summed E-state index contributed by atoms with van der Waals surface area (Å²) < 4.78 is 3.92. The summed E-state index contributed by atoms with van der Waals surface area (Å²) >= 11 is 12.7. The van der Waals surface area contributed by atoms with Crippen LogP contribution in [0.25, 0.3) is 0 Å². The van der Waals surface area contributed by atoms with E-state index in [1.165, 1.54) is 15.9 Å². The number of hydrogen-bond acceptors (Lipinski definition) is 4. The van der Waals surface area contributed by atoms with Gasteiger partial charge < -0.3 is 0 Å². The predicted octanol–water partition coefficient (Wildman–Crippen LogP) is 4.91. The van der Waals surface area contributed by atoms with Crippen molar-refractivity contribution in [3.63, 3.8) is 0 Å². The summed E-state index contributed by atoms with van der Waals surface area (Å²) in [6, 6.07) is 4.15. The van der Waals surface area contributed by atoms with Crippen LogP contribution in [-0.2, 0) is 4.79 Å². The number of hydrogen-bond donors (Lipinski definition) is 0. The van der Waals surface area contributed by atoms with E-state index in [4.69, 9.17) is 33.9 Å². The number of carbonyl (C=O) groups is 2. The van der Waals surface area contributed by atoms with Crippen LogP contribution < -0.4 is 4.90 Å². The Hall–Kier alpha value is -0.950. The van der Waals surface area contributed by atoms with E-state index in [-0.39, 0.29) is 16.9 Å². The summed E-state index contributed by atoms with van der Waals surface area (Å²) in [6.07, 6.45) is 3.61. The second-order valence-corrected chi connectivity index (χ2v) is 6.89. The Morgan fingerprint density at radius 3 is 2.48 bits per heavy atom. The molecule has 23 heavy (non-hydrogen) atoms. The Labute approximate surface area is 152 Å². The number of halogens is 3. The summed E-state index contributed by atoms with van der Waals surface area (Å²) in [6.45, 7) is 0. The van der Waals surface area contributed by atoms with Gasteiger partial charge in [-0.3, -0.25) is 9.69 Å². The number of nitrogens with zero attached hydrogens (tertiary/aromatic N) is 3. The molecule has 0 radical (unpaired) electrons. The van der Waals surface area contributed by atoms with Gasteiger partial charge in [0.1, 0.15) is 0 Å².